The molecule has 0 bridgehead atoms. The Morgan fingerprint density at radius 3 is 2.62 bits per heavy atom. The molecular weight excluding hydrogens is 316 g/mol. The average Bonchev–Trinajstić information content (AvgIpc) is 2.60. The molecule has 24 heavy (non-hydrogen) atoms. The average molecular weight is 334 g/mol. The largest absolute Gasteiger partial charge is 0.394 e. The lowest BCUT2D eigenvalue weighted by atomic mass is 10.1. The zero-order chi connectivity index (χ0) is 17.5. The summed E-state index contributed by atoms with van der Waals surface area (Å²) < 4.78 is 0. The van der Waals surface area contributed by atoms with Gasteiger partial charge in [-0.3, -0.25) is 9.78 Å². The highest BCUT2D eigenvalue weighted by Gasteiger charge is 2.22. The van der Waals surface area contributed by atoms with Crippen LogP contribution < -0.4 is 11.0 Å². The molecule has 0 saturated carbocycles. The van der Waals surface area contributed by atoms with Crippen molar-refractivity contribution in [2.75, 3.05) is 12.0 Å². The van der Waals surface area contributed by atoms with Crippen LogP contribution in [0, 0.1) is 0 Å². The molecule has 128 valence electrons. The molecule has 2 aromatic rings. The van der Waals surface area contributed by atoms with Gasteiger partial charge in [-0.25, -0.2) is 10.4 Å². The van der Waals surface area contributed by atoms with E-state index in [1.807, 2.05) is 18.2 Å². The van der Waals surface area contributed by atoms with E-state index in [4.69, 9.17) is 5.11 Å². The van der Waals surface area contributed by atoms with Crippen LogP contribution in [-0.4, -0.2) is 61.5 Å². The second kappa shape index (κ2) is 8.31. The van der Waals surface area contributed by atoms with Gasteiger partial charge in [-0.1, -0.05) is 30.3 Å². The van der Waals surface area contributed by atoms with Crippen LogP contribution in [0.1, 0.15) is 0 Å². The maximum atomic E-state index is 11.7. The van der Waals surface area contributed by atoms with E-state index in [2.05, 4.69) is 20.5 Å². The minimum Gasteiger partial charge on any atom is -0.394 e. The minimum atomic E-state index is -1.59. The van der Waals surface area contributed by atoms with Crippen molar-refractivity contribution in [3.05, 3.63) is 46.8 Å². The fraction of sp³-hybridized carbons (Fsp3) is 0.267. The first kappa shape index (κ1) is 17.8. The topological polar surface area (TPSA) is 151 Å². The van der Waals surface area contributed by atoms with Crippen LogP contribution in [-0.2, 0) is 0 Å². The number of nitrogens with zero attached hydrogens (tertiary/aromatic N) is 2. The van der Waals surface area contributed by atoms with Crippen molar-refractivity contribution in [2.24, 2.45) is 5.10 Å². The molecular formula is C15H18N4O5. The predicted octanol–water partition coefficient (Wildman–Crippen LogP) is -1.09. The third-order valence-electron chi connectivity index (χ3n) is 3.14. The summed E-state index contributed by atoms with van der Waals surface area (Å²) in [6, 6.07) is 10.4. The van der Waals surface area contributed by atoms with E-state index in [9.17, 15) is 20.1 Å². The second-order valence-electron chi connectivity index (χ2n) is 4.97. The van der Waals surface area contributed by atoms with Crippen LogP contribution in [0.4, 0.5) is 5.95 Å². The first-order valence-electron chi connectivity index (χ1n) is 7.12. The fourth-order valence-corrected chi connectivity index (χ4v) is 1.87. The zero-order valence-electron chi connectivity index (χ0n) is 12.6. The molecule has 0 saturated heterocycles. The van der Waals surface area contributed by atoms with Crippen molar-refractivity contribution in [1.82, 2.24) is 9.97 Å². The third kappa shape index (κ3) is 4.70. The van der Waals surface area contributed by atoms with Gasteiger partial charge in [0, 0.05) is 11.6 Å². The van der Waals surface area contributed by atoms with Crippen molar-refractivity contribution >= 4 is 12.2 Å². The molecule has 0 fully saturated rings. The smallest absolute Gasteiger partial charge is 0.252 e. The molecule has 9 heteroatoms. The van der Waals surface area contributed by atoms with E-state index < -0.39 is 30.5 Å². The molecule has 1 aromatic heterocycles. The molecule has 0 aliphatic heterocycles. The Hall–Kier alpha value is -2.59. The molecule has 0 amide bonds. The lowest BCUT2D eigenvalue weighted by Crippen LogP contribution is -2.40. The van der Waals surface area contributed by atoms with Crippen LogP contribution in [0.5, 0.6) is 0 Å². The predicted molar refractivity (Wildman–Crippen MR) is 87.5 cm³/mol. The summed E-state index contributed by atoms with van der Waals surface area (Å²) in [4.78, 5) is 18.3. The first-order valence-corrected chi connectivity index (χ1v) is 7.12. The van der Waals surface area contributed by atoms with Crippen molar-refractivity contribution < 1.29 is 20.4 Å². The van der Waals surface area contributed by atoms with Gasteiger partial charge in [-0.05, 0) is 0 Å². The van der Waals surface area contributed by atoms with Gasteiger partial charge in [0.05, 0.1) is 18.5 Å². The summed E-state index contributed by atoms with van der Waals surface area (Å²) in [6.45, 7) is -0.701. The lowest BCUT2D eigenvalue weighted by Gasteiger charge is -2.17. The number of anilines is 1. The van der Waals surface area contributed by atoms with Crippen molar-refractivity contribution in [3.63, 3.8) is 0 Å². The van der Waals surface area contributed by atoms with E-state index >= 15 is 0 Å². The number of hydrazone groups is 1. The molecule has 6 N–H and O–H groups in total. The SMILES string of the molecule is O=c1cc(-c2ccccc2)nc(N/N=C/[C@H](O)[C@H](O)[C@H](O)CO)[nH]1. The Morgan fingerprint density at radius 2 is 1.96 bits per heavy atom. The number of aromatic nitrogens is 2. The van der Waals surface area contributed by atoms with Gasteiger partial charge in [0.25, 0.3) is 5.56 Å². The molecule has 3 atom stereocenters. The third-order valence-corrected chi connectivity index (χ3v) is 3.14. The minimum absolute atomic E-state index is 0.0435. The molecule has 1 aromatic carbocycles. The number of aromatic amines is 1. The highest BCUT2D eigenvalue weighted by Crippen LogP contribution is 2.15. The Kier molecular flexibility index (Phi) is 6.15. The van der Waals surface area contributed by atoms with E-state index in [0.717, 1.165) is 11.8 Å². The molecule has 0 aliphatic rings. The van der Waals surface area contributed by atoms with E-state index in [1.165, 1.54) is 6.07 Å². The zero-order valence-corrected chi connectivity index (χ0v) is 12.6. The number of aliphatic hydroxyl groups excluding tert-OH is 4. The van der Waals surface area contributed by atoms with Gasteiger partial charge in [-0.2, -0.15) is 5.10 Å². The summed E-state index contributed by atoms with van der Waals surface area (Å²) in [5.74, 6) is 0.0435. The number of aliphatic hydroxyl groups is 4. The quantitative estimate of drug-likeness (QED) is 0.278. The highest BCUT2D eigenvalue weighted by atomic mass is 16.4. The summed E-state index contributed by atoms with van der Waals surface area (Å²) in [7, 11) is 0. The maximum Gasteiger partial charge on any atom is 0.252 e. The van der Waals surface area contributed by atoms with Crippen LogP contribution in [0.15, 0.2) is 46.3 Å². The van der Waals surface area contributed by atoms with Crippen molar-refractivity contribution in [2.45, 2.75) is 18.3 Å². The Balaban J connectivity index is 2.09. The van der Waals surface area contributed by atoms with Crippen molar-refractivity contribution in [3.8, 4) is 11.3 Å². The van der Waals surface area contributed by atoms with Crippen molar-refractivity contribution in [1.29, 1.82) is 0 Å². The van der Waals surface area contributed by atoms with E-state index in [1.54, 1.807) is 12.1 Å². The molecule has 1 heterocycles. The fourth-order valence-electron chi connectivity index (χ4n) is 1.87. The monoisotopic (exact) mass is 334 g/mol. The maximum absolute atomic E-state index is 11.7. The summed E-state index contributed by atoms with van der Waals surface area (Å²) in [5.41, 5.74) is 3.22. The van der Waals surface area contributed by atoms with Crippen LogP contribution >= 0.6 is 0 Å². The van der Waals surface area contributed by atoms with Gasteiger partial charge < -0.3 is 20.4 Å². The molecule has 0 radical (unpaired) electrons. The van der Waals surface area contributed by atoms with Gasteiger partial charge >= 0.3 is 0 Å². The van der Waals surface area contributed by atoms with Gasteiger partial charge in [0.1, 0.15) is 18.3 Å². The molecule has 2 rings (SSSR count). The van der Waals surface area contributed by atoms with E-state index in [-0.39, 0.29) is 5.95 Å². The van der Waals surface area contributed by atoms with E-state index in [0.29, 0.717) is 5.69 Å². The standard InChI is InChI=1S/C15H18N4O5/c20-8-12(22)14(24)11(21)7-16-19-15-17-10(6-13(23)18-15)9-4-2-1-3-5-9/h1-7,11-12,14,20-22,24H,8H2,(H2,17,18,19,23)/b16-7+/t11-,12+,14-/m0/s1. The van der Waals surface area contributed by atoms with Gasteiger partial charge in [0.15, 0.2) is 0 Å². The summed E-state index contributed by atoms with van der Waals surface area (Å²) >= 11 is 0. The van der Waals surface area contributed by atoms with Gasteiger partial charge in [0.2, 0.25) is 5.95 Å². The van der Waals surface area contributed by atoms with Crippen LogP contribution in [0.3, 0.4) is 0 Å². The summed E-state index contributed by atoms with van der Waals surface area (Å²) in [6.07, 6.45) is -3.68. The Bertz CT molecular complexity index is 734. The molecule has 0 spiro atoms. The molecule has 0 aliphatic carbocycles. The highest BCUT2D eigenvalue weighted by molar-refractivity contribution is 5.65. The molecule has 0 unspecified atom stereocenters. The molecule has 9 nitrogen and oxygen atoms in total. The number of hydrogen-bond donors (Lipinski definition) is 6. The van der Waals surface area contributed by atoms with Gasteiger partial charge in [-0.15, -0.1) is 0 Å². The van der Waals surface area contributed by atoms with Crippen LogP contribution in [0.2, 0.25) is 0 Å². The Labute approximate surface area is 137 Å². The number of benzene rings is 1. The first-order chi connectivity index (χ1) is 11.5. The Morgan fingerprint density at radius 1 is 1.25 bits per heavy atom. The summed E-state index contributed by atoms with van der Waals surface area (Å²) in [5, 5.41) is 40.6. The number of hydrogen-bond acceptors (Lipinski definition) is 8. The second-order valence-corrected chi connectivity index (χ2v) is 4.97. The lowest BCUT2D eigenvalue weighted by molar-refractivity contribution is -0.0541. The number of H-pyrrole nitrogens is 1. The number of rotatable bonds is 7. The number of nitrogens with one attached hydrogen (secondary N) is 2. The normalized spacial score (nSPS) is 15.2. The van der Waals surface area contributed by atoms with Crippen LogP contribution in [0.25, 0.3) is 11.3 Å².